The van der Waals surface area contributed by atoms with E-state index in [4.69, 9.17) is 0 Å². The maximum Gasteiger partial charge on any atom is 0.190 e. The van der Waals surface area contributed by atoms with E-state index in [0.29, 0.717) is 17.8 Å². The van der Waals surface area contributed by atoms with Gasteiger partial charge in [-0.15, -0.1) is 5.10 Å². The van der Waals surface area contributed by atoms with Crippen LogP contribution >= 0.6 is 0 Å². The number of hydrogen-bond acceptors (Lipinski definition) is 6. The Labute approximate surface area is 193 Å². The summed E-state index contributed by atoms with van der Waals surface area (Å²) in [5.41, 5.74) is 3.29. The molecule has 3 aromatic heterocycles. The first-order chi connectivity index (χ1) is 16.0. The average molecular weight is 444 g/mol. The van der Waals surface area contributed by atoms with Crippen molar-refractivity contribution in [2.24, 2.45) is 7.05 Å². The molecule has 0 N–H and O–H groups in total. The smallest absolute Gasteiger partial charge is 0.190 e. The van der Waals surface area contributed by atoms with Crippen molar-refractivity contribution in [1.29, 1.82) is 0 Å². The van der Waals surface area contributed by atoms with E-state index in [1.807, 2.05) is 42.5 Å². The van der Waals surface area contributed by atoms with Gasteiger partial charge in [0.1, 0.15) is 5.69 Å². The fourth-order valence-corrected chi connectivity index (χ4v) is 4.54. The van der Waals surface area contributed by atoms with E-state index >= 15 is 0 Å². The number of ketones is 1. The molecule has 8 nitrogen and oxygen atoms in total. The van der Waals surface area contributed by atoms with Crippen LogP contribution < -0.4 is 0 Å². The predicted octanol–water partition coefficient (Wildman–Crippen LogP) is 3.70. The number of benzene rings is 1. The number of nitrogens with zero attached hydrogens (tertiary/aromatic N) is 7. The Morgan fingerprint density at radius 2 is 1.88 bits per heavy atom. The lowest BCUT2D eigenvalue weighted by Gasteiger charge is -2.34. The summed E-state index contributed by atoms with van der Waals surface area (Å²) < 4.78 is 3.66. The summed E-state index contributed by atoms with van der Waals surface area (Å²) in [6, 6.07) is 9.08. The van der Waals surface area contributed by atoms with Crippen molar-refractivity contribution >= 4 is 16.6 Å². The van der Waals surface area contributed by atoms with E-state index in [1.165, 1.54) is 0 Å². The Kier molecular flexibility index (Phi) is 5.76. The lowest BCUT2D eigenvalue weighted by atomic mass is 10.0. The number of aryl methyl sites for hydroxylation is 1. The third-order valence-electron chi connectivity index (χ3n) is 6.56. The second-order valence-electron chi connectivity index (χ2n) is 9.18. The molecule has 0 amide bonds. The van der Waals surface area contributed by atoms with Gasteiger partial charge in [0.15, 0.2) is 5.78 Å². The van der Waals surface area contributed by atoms with Gasteiger partial charge in [-0.2, -0.15) is 5.10 Å². The molecule has 4 aromatic rings. The van der Waals surface area contributed by atoms with Crippen LogP contribution in [-0.4, -0.2) is 59.6 Å². The molecule has 8 heteroatoms. The summed E-state index contributed by atoms with van der Waals surface area (Å²) >= 11 is 0. The summed E-state index contributed by atoms with van der Waals surface area (Å²) in [7, 11) is 1.91. The van der Waals surface area contributed by atoms with Gasteiger partial charge < -0.3 is 4.90 Å². The molecular weight excluding hydrogens is 414 g/mol. The summed E-state index contributed by atoms with van der Waals surface area (Å²) in [6.07, 6.45) is 9.73. The van der Waals surface area contributed by atoms with E-state index in [0.717, 1.165) is 53.5 Å². The lowest BCUT2D eigenvalue weighted by Crippen LogP contribution is -2.39. The fraction of sp³-hybridized carbons (Fsp3) is 0.400. The minimum absolute atomic E-state index is 0.0591. The van der Waals surface area contributed by atoms with E-state index in [9.17, 15) is 4.79 Å². The van der Waals surface area contributed by atoms with E-state index in [-0.39, 0.29) is 12.2 Å². The Morgan fingerprint density at radius 1 is 1.06 bits per heavy atom. The van der Waals surface area contributed by atoms with Crippen molar-refractivity contribution in [3.8, 4) is 11.1 Å². The highest BCUT2D eigenvalue weighted by Crippen LogP contribution is 2.25. The van der Waals surface area contributed by atoms with E-state index in [2.05, 4.69) is 51.3 Å². The Hall–Kier alpha value is -3.39. The summed E-state index contributed by atoms with van der Waals surface area (Å²) in [5, 5.41) is 14.8. The predicted molar refractivity (Wildman–Crippen MR) is 127 cm³/mol. The molecule has 0 saturated carbocycles. The normalized spacial score (nSPS) is 15.5. The molecule has 0 unspecified atom stereocenters. The number of aromatic nitrogens is 6. The Morgan fingerprint density at radius 3 is 2.61 bits per heavy atom. The highest BCUT2D eigenvalue weighted by Gasteiger charge is 2.24. The molecule has 1 saturated heterocycles. The topological polar surface area (TPSA) is 81.7 Å². The summed E-state index contributed by atoms with van der Waals surface area (Å²) in [5.74, 6) is -0.0591. The Bertz CT molecular complexity index is 1280. The summed E-state index contributed by atoms with van der Waals surface area (Å²) in [4.78, 5) is 19.9. The molecule has 5 rings (SSSR count). The third kappa shape index (κ3) is 4.57. The number of fused-ring (bicyclic) bond motifs is 1. The molecule has 4 heterocycles. The quantitative estimate of drug-likeness (QED) is 0.423. The largest absolute Gasteiger partial charge is 0.301 e. The zero-order valence-electron chi connectivity index (χ0n) is 19.3. The van der Waals surface area contributed by atoms with Crippen LogP contribution in [0.25, 0.3) is 21.9 Å². The first kappa shape index (κ1) is 21.5. The monoisotopic (exact) mass is 443 g/mol. The number of Topliss-reactive ketones (excluding diaryl/α,β-unsaturated/α-hetero) is 1. The third-order valence-corrected chi connectivity index (χ3v) is 6.56. The van der Waals surface area contributed by atoms with Crippen LogP contribution in [0.15, 0.2) is 49.1 Å². The second-order valence-corrected chi connectivity index (χ2v) is 9.18. The van der Waals surface area contributed by atoms with Crippen molar-refractivity contribution in [3.05, 3.63) is 60.4 Å². The van der Waals surface area contributed by atoms with Gasteiger partial charge in [-0.05, 0) is 49.8 Å². The number of pyridine rings is 1. The molecule has 0 spiro atoms. The van der Waals surface area contributed by atoms with Crippen LogP contribution in [0.3, 0.4) is 0 Å². The van der Waals surface area contributed by atoms with Gasteiger partial charge in [0.05, 0.1) is 24.9 Å². The van der Waals surface area contributed by atoms with E-state index in [1.54, 1.807) is 10.9 Å². The summed E-state index contributed by atoms with van der Waals surface area (Å²) in [6.45, 7) is 6.56. The van der Waals surface area contributed by atoms with Gasteiger partial charge in [-0.3, -0.25) is 14.5 Å². The van der Waals surface area contributed by atoms with Crippen LogP contribution in [0, 0.1) is 0 Å². The second kappa shape index (κ2) is 8.86. The highest BCUT2D eigenvalue weighted by molar-refractivity contribution is 5.96. The zero-order valence-corrected chi connectivity index (χ0v) is 19.3. The van der Waals surface area contributed by atoms with Gasteiger partial charge in [0, 0.05) is 55.2 Å². The Balaban J connectivity index is 1.29. The molecular formula is C25H29N7O. The number of rotatable bonds is 6. The van der Waals surface area contributed by atoms with Crippen LogP contribution in [0.5, 0.6) is 0 Å². The van der Waals surface area contributed by atoms with E-state index < -0.39 is 0 Å². The molecule has 170 valence electrons. The molecule has 0 atom stereocenters. The zero-order chi connectivity index (χ0) is 22.9. The van der Waals surface area contributed by atoms with Gasteiger partial charge in [0.25, 0.3) is 0 Å². The lowest BCUT2D eigenvalue weighted by molar-refractivity contribution is 0.0987. The number of carbonyl (C=O) groups is 1. The van der Waals surface area contributed by atoms with Crippen LogP contribution in [0.4, 0.5) is 0 Å². The maximum absolute atomic E-state index is 12.9. The van der Waals surface area contributed by atoms with Gasteiger partial charge in [-0.25, -0.2) is 4.68 Å². The average Bonchev–Trinajstić information content (AvgIpc) is 3.48. The number of carbonyl (C=O) groups excluding carboxylic acids is 1. The SMILES string of the molecule is CC(C)N1CCC(n2cc(C(=O)Cc3cc4cc(-c5cnn(C)c5)ccc4cn3)nn2)CC1. The molecule has 1 fully saturated rings. The first-order valence-electron chi connectivity index (χ1n) is 11.5. The van der Waals surface area contributed by atoms with Gasteiger partial charge in [-0.1, -0.05) is 17.3 Å². The molecule has 0 bridgehead atoms. The minimum atomic E-state index is -0.0591. The molecule has 1 aromatic carbocycles. The number of likely N-dealkylation sites (tertiary alicyclic amines) is 1. The first-order valence-corrected chi connectivity index (χ1v) is 11.5. The van der Waals surface area contributed by atoms with Gasteiger partial charge in [0.2, 0.25) is 0 Å². The van der Waals surface area contributed by atoms with Crippen molar-refractivity contribution in [2.45, 2.75) is 45.2 Å². The molecule has 0 aliphatic carbocycles. The molecule has 0 radical (unpaired) electrons. The maximum atomic E-state index is 12.9. The van der Waals surface area contributed by atoms with Crippen molar-refractivity contribution in [1.82, 2.24) is 34.7 Å². The number of hydrogen-bond donors (Lipinski definition) is 0. The highest BCUT2D eigenvalue weighted by atomic mass is 16.1. The minimum Gasteiger partial charge on any atom is -0.301 e. The van der Waals surface area contributed by atoms with Crippen molar-refractivity contribution < 1.29 is 4.79 Å². The van der Waals surface area contributed by atoms with Crippen LogP contribution in [0.2, 0.25) is 0 Å². The van der Waals surface area contributed by atoms with Crippen molar-refractivity contribution in [2.75, 3.05) is 13.1 Å². The fourth-order valence-electron chi connectivity index (χ4n) is 4.54. The molecule has 33 heavy (non-hydrogen) atoms. The molecule has 1 aliphatic heterocycles. The van der Waals surface area contributed by atoms with Crippen LogP contribution in [-0.2, 0) is 13.5 Å². The number of piperidine rings is 1. The van der Waals surface area contributed by atoms with Crippen LogP contribution in [0.1, 0.15) is 48.9 Å². The van der Waals surface area contributed by atoms with Crippen molar-refractivity contribution in [3.63, 3.8) is 0 Å². The van der Waals surface area contributed by atoms with Gasteiger partial charge >= 0.3 is 0 Å². The molecule has 1 aliphatic rings. The standard InChI is InChI=1S/C25H29N7O/c1-17(2)31-8-6-23(7-9-31)32-16-24(28-29-32)25(33)12-22-11-20-10-18(4-5-19(20)13-26-22)21-14-27-30(3)15-21/h4-5,10-11,13-17,23H,6-9,12H2,1-3H3.